The largest absolute Gasteiger partial charge is 0.355 e. The van der Waals surface area contributed by atoms with E-state index in [2.05, 4.69) is 0 Å². The molecule has 23 heavy (non-hydrogen) atoms. The fourth-order valence-corrected chi connectivity index (χ4v) is 3.62. The molecule has 0 aromatic heterocycles. The second-order valence-corrected chi connectivity index (χ2v) is 8.11. The molecule has 1 fully saturated rings. The Labute approximate surface area is 141 Å². The van der Waals surface area contributed by atoms with Crippen molar-refractivity contribution in [2.75, 3.05) is 13.7 Å². The first-order valence-corrected chi connectivity index (χ1v) is 9.78. The summed E-state index contributed by atoms with van der Waals surface area (Å²) in [6, 6.07) is 0. The van der Waals surface area contributed by atoms with Crippen LogP contribution in [-0.4, -0.2) is 54.2 Å². The summed E-state index contributed by atoms with van der Waals surface area (Å²) in [6.45, 7) is 0.452. The monoisotopic (exact) mass is 366 g/mol. The molecular formula is C13H23N2O6PS. The molecular weight excluding hydrogens is 343 g/mol. The molecule has 3 atom stereocenters. The number of hydrogen-bond donors (Lipinski definition) is 2. The molecule has 1 aliphatic heterocycles. The molecule has 0 radical (unpaired) electrons. The third-order valence-electron chi connectivity index (χ3n) is 2.97. The minimum absolute atomic E-state index is 0.153. The van der Waals surface area contributed by atoms with Crippen molar-refractivity contribution >= 4 is 30.8 Å². The number of imide groups is 1. The fraction of sp³-hybridized carbons (Fsp3) is 0.692. The topological polar surface area (TPSA) is 97.3 Å². The van der Waals surface area contributed by atoms with Gasteiger partial charge in [-0.3, -0.25) is 14.9 Å². The second-order valence-electron chi connectivity index (χ2n) is 5.32. The lowest BCUT2D eigenvalue weighted by Crippen LogP contribution is -2.29. The highest BCUT2D eigenvalue weighted by atomic mass is 32.5. The maximum Gasteiger partial charge on any atom is 0.324 e. The van der Waals surface area contributed by atoms with Crippen molar-refractivity contribution in [3.05, 3.63) is 12.3 Å². The molecule has 8 nitrogen and oxygen atoms in total. The van der Waals surface area contributed by atoms with E-state index in [9.17, 15) is 14.5 Å². The van der Waals surface area contributed by atoms with Crippen LogP contribution in [-0.2, 0) is 35.2 Å². The minimum Gasteiger partial charge on any atom is -0.355 e. The quantitative estimate of drug-likeness (QED) is 0.352. The molecule has 1 aliphatic rings. The molecule has 10 heteroatoms. The Morgan fingerprint density at radius 3 is 2.87 bits per heavy atom. The third-order valence-corrected chi connectivity index (χ3v) is 4.71. The van der Waals surface area contributed by atoms with Crippen molar-refractivity contribution in [3.63, 3.8) is 0 Å². The molecule has 2 amide bonds. The smallest absolute Gasteiger partial charge is 0.324 e. The first-order chi connectivity index (χ1) is 10.7. The van der Waals surface area contributed by atoms with E-state index in [4.69, 9.17) is 25.6 Å². The summed E-state index contributed by atoms with van der Waals surface area (Å²) < 4.78 is 16.2. The minimum atomic E-state index is -3.24. The van der Waals surface area contributed by atoms with E-state index in [1.165, 1.54) is 12.3 Å². The highest BCUT2D eigenvalue weighted by molar-refractivity contribution is 8.07. The van der Waals surface area contributed by atoms with Gasteiger partial charge in [-0.1, -0.05) is 0 Å². The Balaban J connectivity index is 2.39. The van der Waals surface area contributed by atoms with Crippen LogP contribution in [0.4, 0.5) is 0 Å². The molecule has 2 N–H and O–H groups in total. The molecule has 1 rings (SSSR count). The predicted octanol–water partition coefficient (Wildman–Crippen LogP) is 0.868. The Kier molecular flexibility index (Phi) is 8.32. The number of carbonyl (C=O) groups excluding carboxylic acids is 2. The highest BCUT2D eigenvalue weighted by Crippen LogP contribution is 2.45. The van der Waals surface area contributed by atoms with Crippen LogP contribution in [0.25, 0.3) is 0 Å². The average Bonchev–Trinajstić information content (AvgIpc) is 2.91. The first kappa shape index (κ1) is 20.2. The van der Waals surface area contributed by atoms with E-state index in [1.54, 1.807) is 25.8 Å². The summed E-state index contributed by atoms with van der Waals surface area (Å²) in [5.74, 6) is -0.503. The summed E-state index contributed by atoms with van der Waals surface area (Å²) >= 11 is 4.90. The molecule has 0 aliphatic carbocycles. The van der Waals surface area contributed by atoms with Crippen LogP contribution in [0, 0.1) is 0 Å². The first-order valence-electron chi connectivity index (χ1n) is 7.19. The molecule has 132 valence electrons. The fourth-order valence-electron chi connectivity index (χ4n) is 1.97. The van der Waals surface area contributed by atoms with Gasteiger partial charge in [0, 0.05) is 19.3 Å². The maximum atomic E-state index is 11.2. The Bertz CT molecular complexity index is 487. The van der Waals surface area contributed by atoms with Crippen molar-refractivity contribution in [1.82, 2.24) is 10.2 Å². The molecule has 0 spiro atoms. The van der Waals surface area contributed by atoms with E-state index < -0.39 is 12.6 Å². The zero-order chi connectivity index (χ0) is 17.5. The van der Waals surface area contributed by atoms with Crippen molar-refractivity contribution in [1.29, 1.82) is 0 Å². The van der Waals surface area contributed by atoms with Gasteiger partial charge in [0.25, 0.3) is 5.91 Å². The maximum absolute atomic E-state index is 11.2. The van der Waals surface area contributed by atoms with Gasteiger partial charge in [0.2, 0.25) is 6.41 Å². The van der Waals surface area contributed by atoms with Gasteiger partial charge >= 0.3 is 6.72 Å². The van der Waals surface area contributed by atoms with E-state index in [-0.39, 0.29) is 25.0 Å². The number of amides is 2. The molecule has 1 heterocycles. The zero-order valence-electron chi connectivity index (χ0n) is 13.4. The lowest BCUT2D eigenvalue weighted by molar-refractivity contribution is -0.121. The van der Waals surface area contributed by atoms with E-state index in [0.29, 0.717) is 6.41 Å². The van der Waals surface area contributed by atoms with Gasteiger partial charge in [-0.15, -0.1) is 0 Å². The van der Waals surface area contributed by atoms with Gasteiger partial charge in [0.05, 0.1) is 18.8 Å². The molecule has 0 aromatic rings. The van der Waals surface area contributed by atoms with E-state index in [0.717, 1.165) is 12.8 Å². The van der Waals surface area contributed by atoms with Gasteiger partial charge in [-0.2, -0.15) is 0 Å². The number of ether oxygens (including phenoxy) is 1. The van der Waals surface area contributed by atoms with Crippen molar-refractivity contribution < 1.29 is 28.3 Å². The van der Waals surface area contributed by atoms with E-state index in [1.807, 2.05) is 5.32 Å². The van der Waals surface area contributed by atoms with Crippen LogP contribution in [0.3, 0.4) is 0 Å². The normalized spacial score (nSPS) is 23.9. The summed E-state index contributed by atoms with van der Waals surface area (Å²) in [6.07, 6.45) is 3.94. The number of nitrogens with zero attached hydrogens (tertiary/aromatic N) is 1. The Hall–Kier alpha value is -0.830. The number of hydrogen-bond acceptors (Lipinski definition) is 7. The average molecular weight is 366 g/mol. The predicted molar refractivity (Wildman–Crippen MR) is 87.7 cm³/mol. The van der Waals surface area contributed by atoms with E-state index >= 15 is 0 Å². The van der Waals surface area contributed by atoms with Crippen LogP contribution in [0.1, 0.15) is 26.7 Å². The van der Waals surface area contributed by atoms with Gasteiger partial charge in [-0.05, 0) is 38.5 Å². The Morgan fingerprint density at radius 1 is 1.57 bits per heavy atom. The molecule has 2 unspecified atom stereocenters. The summed E-state index contributed by atoms with van der Waals surface area (Å²) in [7, 11) is 1.76. The Morgan fingerprint density at radius 2 is 2.26 bits per heavy atom. The van der Waals surface area contributed by atoms with Crippen LogP contribution in [0.15, 0.2) is 12.3 Å². The number of nitrogens with one attached hydrogen (secondary N) is 1. The van der Waals surface area contributed by atoms with Crippen LogP contribution in [0.2, 0.25) is 0 Å². The molecule has 0 saturated carbocycles. The van der Waals surface area contributed by atoms with Gasteiger partial charge in [0.15, 0.2) is 0 Å². The lowest BCUT2D eigenvalue weighted by Gasteiger charge is -2.24. The summed E-state index contributed by atoms with van der Waals surface area (Å²) in [5.41, 5.74) is 0. The molecule has 1 saturated heterocycles. The highest BCUT2D eigenvalue weighted by Gasteiger charge is 2.29. The molecule has 0 aromatic carbocycles. The van der Waals surface area contributed by atoms with Crippen LogP contribution in [0.5, 0.6) is 0 Å². The lowest BCUT2D eigenvalue weighted by atomic mass is 10.2. The van der Waals surface area contributed by atoms with Gasteiger partial charge in [0.1, 0.15) is 6.23 Å². The standard InChI is InChI=1S/C13H23N2O6PS/c1-10(2)21-22(18,23)19-8-11-4-5-13(20-11)15(3)7-6-12(17)14-9-16/h6-7,9-11,13H,4-5,8H2,1-3H3,(H,18,23)(H,14,16,17)/b7-6-/t11?,13-,22?/m1/s1. The number of carbonyl (C=O) groups is 2. The van der Waals surface area contributed by atoms with Crippen LogP contribution >= 0.6 is 6.72 Å². The van der Waals surface area contributed by atoms with Gasteiger partial charge in [-0.25, -0.2) is 0 Å². The SMILES string of the molecule is CC(C)OP(O)(=S)OCC1CC[C@H](N(C)/C=C\C(=O)NC=O)O1. The number of rotatable bonds is 9. The summed E-state index contributed by atoms with van der Waals surface area (Å²) in [4.78, 5) is 32.9. The second kappa shape index (κ2) is 9.46. The third kappa shape index (κ3) is 8.01. The van der Waals surface area contributed by atoms with Crippen molar-refractivity contribution in [2.45, 2.75) is 45.1 Å². The zero-order valence-corrected chi connectivity index (χ0v) is 15.1. The van der Waals surface area contributed by atoms with Crippen LogP contribution < -0.4 is 5.32 Å². The van der Waals surface area contributed by atoms with Crippen molar-refractivity contribution in [2.24, 2.45) is 0 Å². The molecule has 0 bridgehead atoms. The summed E-state index contributed by atoms with van der Waals surface area (Å²) in [5, 5.41) is 2.01. The van der Waals surface area contributed by atoms with Gasteiger partial charge < -0.3 is 23.6 Å². The van der Waals surface area contributed by atoms with Crippen molar-refractivity contribution in [3.8, 4) is 0 Å².